The van der Waals surface area contributed by atoms with Gasteiger partial charge in [-0.05, 0) is 31.6 Å². The fourth-order valence-corrected chi connectivity index (χ4v) is 3.14. The summed E-state index contributed by atoms with van der Waals surface area (Å²) in [4.78, 5) is 2.36. The van der Waals surface area contributed by atoms with Crippen molar-refractivity contribution in [2.45, 2.75) is 45.1 Å². The minimum Gasteiger partial charge on any atom is -0.353 e. The van der Waals surface area contributed by atoms with Crippen molar-refractivity contribution in [1.82, 2.24) is 10.2 Å². The van der Waals surface area contributed by atoms with Gasteiger partial charge in [-0.3, -0.25) is 5.10 Å². The molecule has 94 valence electrons. The van der Waals surface area contributed by atoms with Gasteiger partial charge in [-0.25, -0.2) is 0 Å². The molecular formula is C13H22N4. The molecule has 3 N–H and O–H groups in total. The summed E-state index contributed by atoms with van der Waals surface area (Å²) in [5.74, 6) is 2.03. The van der Waals surface area contributed by atoms with Gasteiger partial charge in [-0.2, -0.15) is 5.10 Å². The number of nitrogens with zero attached hydrogens (tertiary/aromatic N) is 2. The largest absolute Gasteiger partial charge is 0.353 e. The van der Waals surface area contributed by atoms with E-state index in [1.807, 2.05) is 0 Å². The highest BCUT2D eigenvalue weighted by Gasteiger charge is 2.28. The first-order valence-electron chi connectivity index (χ1n) is 6.84. The lowest BCUT2D eigenvalue weighted by atomic mass is 9.85. The van der Waals surface area contributed by atoms with Crippen LogP contribution < -0.4 is 10.6 Å². The molecule has 1 fully saturated rings. The number of aromatic amines is 1. The first kappa shape index (κ1) is 11.1. The van der Waals surface area contributed by atoms with Crippen LogP contribution in [0.4, 0.5) is 5.82 Å². The molecule has 0 bridgehead atoms. The van der Waals surface area contributed by atoms with Gasteiger partial charge in [0, 0.05) is 30.4 Å². The van der Waals surface area contributed by atoms with Gasteiger partial charge < -0.3 is 10.6 Å². The zero-order valence-corrected chi connectivity index (χ0v) is 10.6. The number of nitrogens with two attached hydrogens (primary N) is 1. The standard InChI is InChI=1S/C13H22N4/c1-2-9-3-4-12-11(7-9)13(16-15-12)17-6-5-10(14)8-17/h9-10H,2-8,14H2,1H3,(H,15,16). The van der Waals surface area contributed by atoms with Gasteiger partial charge in [0.15, 0.2) is 5.82 Å². The van der Waals surface area contributed by atoms with Gasteiger partial charge >= 0.3 is 0 Å². The number of fused-ring (bicyclic) bond motifs is 1. The molecule has 2 heterocycles. The second-order valence-electron chi connectivity index (χ2n) is 5.52. The minimum absolute atomic E-state index is 0.327. The lowest BCUT2D eigenvalue weighted by molar-refractivity contribution is 0.442. The smallest absolute Gasteiger partial charge is 0.153 e. The second-order valence-corrected chi connectivity index (χ2v) is 5.52. The number of hydrogen-bond acceptors (Lipinski definition) is 3. The molecule has 4 heteroatoms. The Hall–Kier alpha value is -1.03. The number of anilines is 1. The lowest BCUT2D eigenvalue weighted by Gasteiger charge is -2.23. The second kappa shape index (κ2) is 4.33. The Labute approximate surface area is 103 Å². The van der Waals surface area contributed by atoms with E-state index in [1.165, 1.54) is 42.8 Å². The summed E-state index contributed by atoms with van der Waals surface area (Å²) in [6.45, 7) is 4.32. The normalized spacial score (nSPS) is 28.5. The van der Waals surface area contributed by atoms with Crippen molar-refractivity contribution in [3.63, 3.8) is 0 Å². The summed E-state index contributed by atoms with van der Waals surface area (Å²) < 4.78 is 0. The zero-order valence-electron chi connectivity index (χ0n) is 10.6. The van der Waals surface area contributed by atoms with E-state index >= 15 is 0 Å². The predicted molar refractivity (Wildman–Crippen MR) is 69.2 cm³/mol. The van der Waals surface area contributed by atoms with Gasteiger partial charge in [0.25, 0.3) is 0 Å². The number of hydrogen-bond donors (Lipinski definition) is 2. The van der Waals surface area contributed by atoms with E-state index in [4.69, 9.17) is 5.73 Å². The maximum absolute atomic E-state index is 5.98. The monoisotopic (exact) mass is 234 g/mol. The summed E-state index contributed by atoms with van der Waals surface area (Å²) in [5.41, 5.74) is 8.82. The Balaban J connectivity index is 1.84. The number of nitrogens with one attached hydrogen (secondary N) is 1. The van der Waals surface area contributed by atoms with Gasteiger partial charge in [0.2, 0.25) is 0 Å². The number of H-pyrrole nitrogens is 1. The molecular weight excluding hydrogens is 212 g/mol. The molecule has 0 amide bonds. The van der Waals surface area contributed by atoms with Crippen LogP contribution in [0.5, 0.6) is 0 Å². The minimum atomic E-state index is 0.327. The van der Waals surface area contributed by atoms with Gasteiger partial charge in [-0.1, -0.05) is 13.3 Å². The molecule has 0 radical (unpaired) electrons. The Morgan fingerprint density at radius 1 is 1.47 bits per heavy atom. The highest BCUT2D eigenvalue weighted by atomic mass is 15.3. The van der Waals surface area contributed by atoms with Gasteiger partial charge in [-0.15, -0.1) is 0 Å². The Morgan fingerprint density at radius 2 is 2.35 bits per heavy atom. The van der Waals surface area contributed by atoms with E-state index in [0.717, 1.165) is 25.4 Å². The highest BCUT2D eigenvalue weighted by Crippen LogP contribution is 2.33. The SMILES string of the molecule is CCC1CCc2[nH]nc(N3CCC(N)C3)c2C1. The van der Waals surface area contributed by atoms with Crippen molar-refractivity contribution < 1.29 is 0 Å². The van der Waals surface area contributed by atoms with Crippen molar-refractivity contribution >= 4 is 5.82 Å². The van der Waals surface area contributed by atoms with Crippen molar-refractivity contribution in [3.05, 3.63) is 11.3 Å². The third-order valence-corrected chi connectivity index (χ3v) is 4.33. The third-order valence-electron chi connectivity index (χ3n) is 4.33. The highest BCUT2D eigenvalue weighted by molar-refractivity contribution is 5.51. The predicted octanol–water partition coefficient (Wildman–Crippen LogP) is 1.46. The van der Waals surface area contributed by atoms with Crippen molar-refractivity contribution in [2.24, 2.45) is 11.7 Å². The molecule has 2 aliphatic rings. The first-order chi connectivity index (χ1) is 8.28. The van der Waals surface area contributed by atoms with E-state index in [9.17, 15) is 0 Å². The molecule has 1 aliphatic heterocycles. The van der Waals surface area contributed by atoms with Crippen LogP contribution in [0.25, 0.3) is 0 Å². The van der Waals surface area contributed by atoms with E-state index < -0.39 is 0 Å². The fourth-order valence-electron chi connectivity index (χ4n) is 3.14. The maximum atomic E-state index is 5.98. The number of aromatic nitrogens is 2. The van der Waals surface area contributed by atoms with Crippen molar-refractivity contribution in [1.29, 1.82) is 0 Å². The Bertz CT molecular complexity index is 398. The molecule has 3 rings (SSSR count). The van der Waals surface area contributed by atoms with E-state index in [2.05, 4.69) is 22.0 Å². The van der Waals surface area contributed by atoms with Crippen LogP contribution in [-0.2, 0) is 12.8 Å². The number of aryl methyl sites for hydroxylation is 1. The van der Waals surface area contributed by atoms with Crippen LogP contribution in [0.2, 0.25) is 0 Å². The lowest BCUT2D eigenvalue weighted by Crippen LogP contribution is -2.27. The van der Waals surface area contributed by atoms with E-state index in [-0.39, 0.29) is 0 Å². The van der Waals surface area contributed by atoms with E-state index in [0.29, 0.717) is 6.04 Å². The topological polar surface area (TPSA) is 57.9 Å². The van der Waals surface area contributed by atoms with Crippen LogP contribution in [0.3, 0.4) is 0 Å². The third kappa shape index (κ3) is 1.95. The molecule has 4 nitrogen and oxygen atoms in total. The summed E-state index contributed by atoms with van der Waals surface area (Å²) in [6.07, 6.45) is 6.05. The van der Waals surface area contributed by atoms with E-state index in [1.54, 1.807) is 0 Å². The average Bonchev–Trinajstić information content (AvgIpc) is 2.93. The van der Waals surface area contributed by atoms with Crippen molar-refractivity contribution in [2.75, 3.05) is 18.0 Å². The van der Waals surface area contributed by atoms with Crippen LogP contribution >= 0.6 is 0 Å². The molecule has 1 aromatic rings. The molecule has 0 saturated carbocycles. The van der Waals surface area contributed by atoms with Gasteiger partial charge in [0.1, 0.15) is 0 Å². The van der Waals surface area contributed by atoms with Gasteiger partial charge in [0.05, 0.1) is 0 Å². The summed E-state index contributed by atoms with van der Waals surface area (Å²) in [7, 11) is 0. The molecule has 0 spiro atoms. The average molecular weight is 234 g/mol. The zero-order chi connectivity index (χ0) is 11.8. The molecule has 2 unspecified atom stereocenters. The fraction of sp³-hybridized carbons (Fsp3) is 0.769. The van der Waals surface area contributed by atoms with Crippen LogP contribution in [-0.4, -0.2) is 29.3 Å². The maximum Gasteiger partial charge on any atom is 0.153 e. The molecule has 1 saturated heterocycles. The molecule has 1 aromatic heterocycles. The molecule has 1 aliphatic carbocycles. The Morgan fingerprint density at radius 3 is 3.06 bits per heavy atom. The molecule has 17 heavy (non-hydrogen) atoms. The number of rotatable bonds is 2. The quantitative estimate of drug-likeness (QED) is 0.814. The summed E-state index contributed by atoms with van der Waals surface area (Å²) >= 11 is 0. The van der Waals surface area contributed by atoms with Crippen molar-refractivity contribution in [3.8, 4) is 0 Å². The Kier molecular flexibility index (Phi) is 2.82. The van der Waals surface area contributed by atoms with Crippen LogP contribution in [0.15, 0.2) is 0 Å². The van der Waals surface area contributed by atoms with Crippen LogP contribution in [0, 0.1) is 5.92 Å². The summed E-state index contributed by atoms with van der Waals surface area (Å²) in [6, 6.07) is 0.327. The summed E-state index contributed by atoms with van der Waals surface area (Å²) in [5, 5.41) is 7.76. The molecule has 0 aromatic carbocycles. The molecule has 2 atom stereocenters. The van der Waals surface area contributed by atoms with Crippen LogP contribution in [0.1, 0.15) is 37.4 Å². The first-order valence-corrected chi connectivity index (χ1v) is 6.84.